The van der Waals surface area contributed by atoms with E-state index in [4.69, 9.17) is 4.74 Å². The zero-order valence-corrected chi connectivity index (χ0v) is 15.8. The summed E-state index contributed by atoms with van der Waals surface area (Å²) in [5.74, 6) is 3.24. The first-order valence-electron chi connectivity index (χ1n) is 7.54. The van der Waals surface area contributed by atoms with Gasteiger partial charge in [0.1, 0.15) is 14.7 Å². The Morgan fingerprint density at radius 2 is 1.91 bits per heavy atom. The Morgan fingerprint density at radius 3 is 2.41 bits per heavy atom. The lowest BCUT2D eigenvalue weighted by Gasteiger charge is -2.20. The van der Waals surface area contributed by atoms with Crippen LogP contribution in [0, 0.1) is 18.4 Å². The molecule has 0 bridgehead atoms. The van der Waals surface area contributed by atoms with E-state index in [0.717, 1.165) is 16.7 Å². The number of amides is 1. The maximum absolute atomic E-state index is 11.7. The van der Waals surface area contributed by atoms with Crippen LogP contribution in [0.3, 0.4) is 0 Å². The van der Waals surface area contributed by atoms with Gasteiger partial charge in [-0.2, -0.15) is 0 Å². The van der Waals surface area contributed by atoms with Crippen LogP contribution >= 0.6 is 0 Å². The summed E-state index contributed by atoms with van der Waals surface area (Å²) in [7, 11) is -1.36. The van der Waals surface area contributed by atoms with E-state index in [2.05, 4.69) is 36.4 Å². The fourth-order valence-electron chi connectivity index (χ4n) is 1.68. The number of aryl methyl sites for hydroxylation is 1. The summed E-state index contributed by atoms with van der Waals surface area (Å²) in [6.45, 7) is 14.7. The first-order valence-corrected chi connectivity index (χ1v) is 11.0. The molecule has 3 nitrogen and oxygen atoms in total. The lowest BCUT2D eigenvalue weighted by Crippen LogP contribution is -2.40. The van der Waals surface area contributed by atoms with Gasteiger partial charge in [0.2, 0.25) is 0 Å². The lowest BCUT2D eigenvalue weighted by molar-refractivity contribution is 0.131. The van der Waals surface area contributed by atoms with Crippen molar-refractivity contribution in [1.29, 1.82) is 0 Å². The summed E-state index contributed by atoms with van der Waals surface area (Å²) in [6, 6.07) is 6.02. The van der Waals surface area contributed by atoms with E-state index in [9.17, 15) is 4.79 Å². The van der Waals surface area contributed by atoms with Gasteiger partial charge in [-0.25, -0.2) is 4.79 Å². The highest BCUT2D eigenvalue weighted by molar-refractivity contribution is 6.83. The molecule has 1 N–H and O–H groups in total. The van der Waals surface area contributed by atoms with Crippen LogP contribution in [0.2, 0.25) is 19.6 Å². The van der Waals surface area contributed by atoms with Gasteiger partial charge in [0.25, 0.3) is 0 Å². The summed E-state index contributed by atoms with van der Waals surface area (Å²) in [5.41, 5.74) is 6.17. The van der Waals surface area contributed by atoms with E-state index in [1.54, 1.807) is 0 Å². The van der Waals surface area contributed by atoms with Crippen molar-refractivity contribution in [3.8, 4) is 11.5 Å². The van der Waals surface area contributed by atoms with Crippen LogP contribution in [-0.2, 0) is 11.3 Å². The van der Waals surface area contributed by atoms with E-state index in [0.29, 0.717) is 0 Å². The maximum Gasteiger partial charge on any atom is 0.407 e. The van der Waals surface area contributed by atoms with Gasteiger partial charge in [-0.05, 0) is 51.0 Å². The summed E-state index contributed by atoms with van der Waals surface area (Å²) in [4.78, 5) is 11.7. The molecule has 22 heavy (non-hydrogen) atoms. The first kappa shape index (κ1) is 18.3. The molecule has 1 amide bonds. The number of hydrogen-bond donors (Lipinski definition) is 1. The van der Waals surface area contributed by atoms with Gasteiger partial charge in [-0.1, -0.05) is 31.6 Å². The Balaban J connectivity index is 2.70. The zero-order valence-electron chi connectivity index (χ0n) is 14.8. The Bertz CT molecular complexity index is 598. The third-order valence-electron chi connectivity index (χ3n) is 2.76. The molecule has 0 spiro atoms. The van der Waals surface area contributed by atoms with Gasteiger partial charge >= 0.3 is 6.09 Å². The Morgan fingerprint density at radius 1 is 1.27 bits per heavy atom. The minimum atomic E-state index is -1.36. The van der Waals surface area contributed by atoms with Crippen LogP contribution in [0.4, 0.5) is 4.79 Å². The zero-order chi connectivity index (χ0) is 17.0. The van der Waals surface area contributed by atoms with Gasteiger partial charge in [0.05, 0.1) is 0 Å². The van der Waals surface area contributed by atoms with Gasteiger partial charge in [0, 0.05) is 11.1 Å². The molecule has 120 valence electrons. The van der Waals surface area contributed by atoms with Crippen LogP contribution in [0.5, 0.6) is 0 Å². The molecular weight excluding hydrogens is 290 g/mol. The fraction of sp³-hybridized carbons (Fsp3) is 0.500. The van der Waals surface area contributed by atoms with Crippen LogP contribution < -0.4 is 5.32 Å². The normalized spacial score (nSPS) is 11.4. The molecular formula is C18H27NO2Si. The Kier molecular flexibility index (Phi) is 5.84. The second-order valence-corrected chi connectivity index (χ2v) is 12.3. The van der Waals surface area contributed by atoms with E-state index in [-0.39, 0.29) is 12.1 Å². The summed E-state index contributed by atoms with van der Waals surface area (Å²) in [5, 5.41) is 2.78. The van der Waals surface area contributed by atoms with Gasteiger partial charge in [-0.15, -0.1) is 5.54 Å². The van der Waals surface area contributed by atoms with Crippen LogP contribution in [0.1, 0.15) is 37.5 Å². The summed E-state index contributed by atoms with van der Waals surface area (Å²) < 4.78 is 5.26. The van der Waals surface area contributed by atoms with E-state index in [1.165, 1.54) is 0 Å². The number of nitrogens with one attached hydrogen (secondary N) is 1. The molecule has 0 aliphatic rings. The molecule has 0 saturated heterocycles. The molecule has 0 unspecified atom stereocenters. The molecule has 0 heterocycles. The highest BCUT2D eigenvalue weighted by Crippen LogP contribution is 2.12. The molecule has 1 rings (SSSR count). The summed E-state index contributed by atoms with van der Waals surface area (Å²) >= 11 is 0. The van der Waals surface area contributed by atoms with Crippen molar-refractivity contribution in [3.63, 3.8) is 0 Å². The van der Waals surface area contributed by atoms with Crippen LogP contribution in [0.15, 0.2) is 18.2 Å². The molecule has 1 aromatic rings. The third kappa shape index (κ3) is 7.33. The van der Waals surface area contributed by atoms with Gasteiger partial charge in [0.15, 0.2) is 0 Å². The monoisotopic (exact) mass is 317 g/mol. The average molecular weight is 318 g/mol. The lowest BCUT2D eigenvalue weighted by atomic mass is 10.1. The standard InChI is InChI=1S/C18H27NO2Si/c1-14-12-15(10-11-22(5,6)7)8-9-16(14)13-21-17(20)19-18(2,3)4/h8-9,12H,13H2,1-7H3,(H,19,20). The molecule has 0 saturated carbocycles. The van der Waals surface area contributed by atoms with Crippen molar-refractivity contribution in [1.82, 2.24) is 5.32 Å². The molecule has 0 radical (unpaired) electrons. The number of carbonyl (C=O) groups is 1. The van der Waals surface area contributed by atoms with Crippen LogP contribution in [-0.4, -0.2) is 19.7 Å². The van der Waals surface area contributed by atoms with Crippen LogP contribution in [0.25, 0.3) is 0 Å². The second-order valence-electron chi connectivity index (χ2n) is 7.59. The number of hydrogen-bond acceptors (Lipinski definition) is 2. The fourth-order valence-corrected chi connectivity index (χ4v) is 2.20. The molecule has 1 aromatic carbocycles. The largest absolute Gasteiger partial charge is 0.445 e. The number of carbonyl (C=O) groups excluding carboxylic acids is 1. The van der Waals surface area contributed by atoms with Crippen molar-refractivity contribution < 1.29 is 9.53 Å². The van der Waals surface area contributed by atoms with Crippen molar-refractivity contribution in [2.24, 2.45) is 0 Å². The molecule has 0 fully saturated rings. The minimum Gasteiger partial charge on any atom is -0.445 e. The summed E-state index contributed by atoms with van der Waals surface area (Å²) in [6.07, 6.45) is -0.394. The molecule has 0 aromatic heterocycles. The Labute approximate surface area is 135 Å². The quantitative estimate of drug-likeness (QED) is 0.654. The number of alkyl carbamates (subject to hydrolysis) is 1. The van der Waals surface area contributed by atoms with Gasteiger partial charge < -0.3 is 10.1 Å². The predicted octanol–water partition coefficient (Wildman–Crippen LogP) is 4.25. The number of ether oxygens (including phenoxy) is 1. The maximum atomic E-state index is 11.7. The molecule has 0 aliphatic carbocycles. The first-order chi connectivity index (χ1) is 9.96. The average Bonchev–Trinajstić information content (AvgIpc) is 2.32. The molecule has 0 atom stereocenters. The van der Waals surface area contributed by atoms with E-state index in [1.807, 2.05) is 45.9 Å². The van der Waals surface area contributed by atoms with Crippen molar-refractivity contribution in [2.75, 3.05) is 0 Å². The minimum absolute atomic E-state index is 0.273. The second kappa shape index (κ2) is 7.02. The highest BCUT2D eigenvalue weighted by Gasteiger charge is 2.14. The highest BCUT2D eigenvalue weighted by atomic mass is 28.3. The van der Waals surface area contributed by atoms with Crippen molar-refractivity contribution in [3.05, 3.63) is 34.9 Å². The smallest absolute Gasteiger partial charge is 0.407 e. The number of rotatable bonds is 2. The SMILES string of the molecule is Cc1cc(C#C[Si](C)(C)C)ccc1COC(=O)NC(C)(C)C. The molecule has 0 aliphatic heterocycles. The third-order valence-corrected chi connectivity index (χ3v) is 3.64. The number of benzene rings is 1. The van der Waals surface area contributed by atoms with Crippen molar-refractivity contribution in [2.45, 2.75) is 59.5 Å². The predicted molar refractivity (Wildman–Crippen MR) is 94.5 cm³/mol. The van der Waals surface area contributed by atoms with E-state index >= 15 is 0 Å². The topological polar surface area (TPSA) is 38.3 Å². The van der Waals surface area contributed by atoms with Gasteiger partial charge in [-0.3, -0.25) is 0 Å². The van der Waals surface area contributed by atoms with E-state index < -0.39 is 14.2 Å². The van der Waals surface area contributed by atoms with Crippen molar-refractivity contribution >= 4 is 14.2 Å². The Hall–Kier alpha value is -1.73. The molecule has 4 heteroatoms.